The van der Waals surface area contributed by atoms with Crippen molar-refractivity contribution in [2.75, 3.05) is 26.8 Å². The van der Waals surface area contributed by atoms with Crippen LogP contribution in [0.25, 0.3) is 11.0 Å². The zero-order valence-electron chi connectivity index (χ0n) is 16.0. The molecular formula is C20H24N2O6. The van der Waals surface area contributed by atoms with Crippen LogP contribution >= 0.6 is 0 Å². The van der Waals surface area contributed by atoms with Gasteiger partial charge in [0.05, 0.1) is 13.2 Å². The molecule has 0 spiro atoms. The molecule has 0 radical (unpaired) electrons. The number of carbonyl (C=O) groups excluding carboxylic acids is 3. The normalized spacial score (nSPS) is 13.4. The van der Waals surface area contributed by atoms with E-state index in [0.717, 1.165) is 18.2 Å². The molecule has 0 atom stereocenters. The van der Waals surface area contributed by atoms with Crippen LogP contribution < -0.4 is 5.32 Å². The Hall–Kier alpha value is -2.87. The molecule has 1 fully saturated rings. The van der Waals surface area contributed by atoms with Crippen molar-refractivity contribution in [1.82, 2.24) is 10.2 Å². The van der Waals surface area contributed by atoms with Gasteiger partial charge in [-0.15, -0.1) is 0 Å². The summed E-state index contributed by atoms with van der Waals surface area (Å²) in [7, 11) is 1.49. The average Bonchev–Trinajstić information content (AvgIpc) is 3.41. The number of esters is 1. The molecule has 28 heavy (non-hydrogen) atoms. The SMILES string of the molecule is CCOCc1c(C(=O)OCC(=O)N(C)CC(=O)NC2CC2)oc2ccccc12. The predicted octanol–water partition coefficient (Wildman–Crippen LogP) is 1.86. The minimum atomic E-state index is -0.741. The number of hydrogen-bond acceptors (Lipinski definition) is 6. The van der Waals surface area contributed by atoms with E-state index < -0.39 is 18.5 Å². The molecule has 1 heterocycles. The number of nitrogens with one attached hydrogen (secondary N) is 1. The summed E-state index contributed by atoms with van der Waals surface area (Å²) in [6.07, 6.45) is 1.95. The van der Waals surface area contributed by atoms with E-state index >= 15 is 0 Å². The molecule has 0 bridgehead atoms. The van der Waals surface area contributed by atoms with Crippen molar-refractivity contribution in [2.45, 2.75) is 32.4 Å². The highest BCUT2D eigenvalue weighted by molar-refractivity contribution is 5.97. The maximum atomic E-state index is 12.5. The van der Waals surface area contributed by atoms with Gasteiger partial charge in [0, 0.05) is 30.6 Å². The van der Waals surface area contributed by atoms with Crippen LogP contribution in [0, 0.1) is 0 Å². The van der Waals surface area contributed by atoms with E-state index in [1.54, 1.807) is 12.1 Å². The summed E-state index contributed by atoms with van der Waals surface area (Å²) in [4.78, 5) is 37.6. The summed E-state index contributed by atoms with van der Waals surface area (Å²) >= 11 is 0. The number of fused-ring (bicyclic) bond motifs is 1. The van der Waals surface area contributed by atoms with Crippen LogP contribution in [0.15, 0.2) is 28.7 Å². The monoisotopic (exact) mass is 388 g/mol. The molecule has 3 rings (SSSR count). The van der Waals surface area contributed by atoms with E-state index in [4.69, 9.17) is 13.9 Å². The van der Waals surface area contributed by atoms with Gasteiger partial charge in [0.15, 0.2) is 6.61 Å². The first-order valence-corrected chi connectivity index (χ1v) is 9.28. The minimum absolute atomic E-state index is 0.0246. The highest BCUT2D eigenvalue weighted by Gasteiger charge is 2.26. The van der Waals surface area contributed by atoms with Crippen LogP contribution in [0.5, 0.6) is 0 Å². The molecular weight excluding hydrogens is 364 g/mol. The summed E-state index contributed by atoms with van der Waals surface area (Å²) in [5, 5.41) is 3.57. The zero-order valence-corrected chi connectivity index (χ0v) is 16.0. The molecule has 1 saturated carbocycles. The number of carbonyl (C=O) groups is 3. The third kappa shape index (κ3) is 4.89. The fourth-order valence-corrected chi connectivity index (χ4v) is 2.72. The number of hydrogen-bond donors (Lipinski definition) is 1. The Kier molecular flexibility index (Phi) is 6.30. The quantitative estimate of drug-likeness (QED) is 0.659. The maximum Gasteiger partial charge on any atom is 0.375 e. The Morgan fingerprint density at radius 2 is 2.00 bits per heavy atom. The van der Waals surface area contributed by atoms with Crippen LogP contribution in [0.4, 0.5) is 0 Å². The number of para-hydroxylation sites is 1. The van der Waals surface area contributed by atoms with Crippen molar-refractivity contribution >= 4 is 28.8 Å². The maximum absolute atomic E-state index is 12.5. The first-order chi connectivity index (χ1) is 13.5. The summed E-state index contributed by atoms with van der Waals surface area (Å²) in [6.45, 7) is 1.99. The van der Waals surface area contributed by atoms with Crippen molar-refractivity contribution < 1.29 is 28.3 Å². The fraction of sp³-hybridized carbons (Fsp3) is 0.450. The van der Waals surface area contributed by atoms with Gasteiger partial charge in [-0.1, -0.05) is 18.2 Å². The van der Waals surface area contributed by atoms with Gasteiger partial charge in [0.25, 0.3) is 5.91 Å². The van der Waals surface area contributed by atoms with E-state index in [0.29, 0.717) is 17.8 Å². The van der Waals surface area contributed by atoms with Crippen LogP contribution in [0.1, 0.15) is 35.9 Å². The van der Waals surface area contributed by atoms with Crippen molar-refractivity contribution in [3.05, 3.63) is 35.6 Å². The van der Waals surface area contributed by atoms with E-state index in [1.165, 1.54) is 11.9 Å². The Balaban J connectivity index is 1.60. The topological polar surface area (TPSA) is 98.1 Å². The molecule has 1 aliphatic carbocycles. The predicted molar refractivity (Wildman–Crippen MR) is 101 cm³/mol. The van der Waals surface area contributed by atoms with Crippen LogP contribution in [-0.4, -0.2) is 55.5 Å². The van der Waals surface area contributed by atoms with Crippen LogP contribution in [-0.2, 0) is 25.7 Å². The Morgan fingerprint density at radius 1 is 1.25 bits per heavy atom. The summed E-state index contributed by atoms with van der Waals surface area (Å²) in [5.74, 6) is -1.41. The third-order valence-electron chi connectivity index (χ3n) is 4.41. The van der Waals surface area contributed by atoms with E-state index in [-0.39, 0.29) is 30.9 Å². The second-order valence-corrected chi connectivity index (χ2v) is 6.71. The lowest BCUT2D eigenvalue weighted by molar-refractivity contribution is -0.137. The van der Waals surface area contributed by atoms with Crippen molar-refractivity contribution in [3.8, 4) is 0 Å². The summed E-state index contributed by atoms with van der Waals surface area (Å²) in [5.41, 5.74) is 1.14. The lowest BCUT2D eigenvalue weighted by Gasteiger charge is -2.16. The first-order valence-electron chi connectivity index (χ1n) is 9.28. The molecule has 150 valence electrons. The van der Waals surface area contributed by atoms with Gasteiger partial charge in [-0.05, 0) is 25.8 Å². The molecule has 2 aromatic rings. The number of furan rings is 1. The third-order valence-corrected chi connectivity index (χ3v) is 4.41. The van der Waals surface area contributed by atoms with Crippen molar-refractivity contribution in [1.29, 1.82) is 0 Å². The number of nitrogens with zero attached hydrogens (tertiary/aromatic N) is 1. The smallest absolute Gasteiger partial charge is 0.375 e. The van der Waals surface area contributed by atoms with Crippen molar-refractivity contribution in [2.24, 2.45) is 0 Å². The summed E-state index contributed by atoms with van der Waals surface area (Å²) < 4.78 is 16.2. The van der Waals surface area contributed by atoms with Gasteiger partial charge in [-0.2, -0.15) is 0 Å². The molecule has 8 nitrogen and oxygen atoms in total. The molecule has 0 saturated heterocycles. The molecule has 1 N–H and O–H groups in total. The Bertz CT molecular complexity index is 871. The number of rotatable bonds is 9. The number of amides is 2. The first kappa shape index (κ1) is 19.9. The Labute approximate surface area is 162 Å². The molecule has 1 aliphatic rings. The second-order valence-electron chi connectivity index (χ2n) is 6.71. The number of ether oxygens (including phenoxy) is 2. The van der Waals surface area contributed by atoms with Gasteiger partial charge < -0.3 is 24.1 Å². The van der Waals surface area contributed by atoms with Gasteiger partial charge in [-0.25, -0.2) is 4.79 Å². The lowest BCUT2D eigenvalue weighted by atomic mass is 10.1. The van der Waals surface area contributed by atoms with Crippen LogP contribution in [0.3, 0.4) is 0 Å². The Morgan fingerprint density at radius 3 is 2.71 bits per heavy atom. The number of benzene rings is 1. The highest BCUT2D eigenvalue weighted by Crippen LogP contribution is 2.27. The largest absolute Gasteiger partial charge is 0.450 e. The van der Waals surface area contributed by atoms with E-state index in [1.807, 2.05) is 19.1 Å². The number of likely N-dealkylation sites (N-methyl/N-ethyl adjacent to an activating group) is 1. The minimum Gasteiger partial charge on any atom is -0.450 e. The summed E-state index contributed by atoms with van der Waals surface area (Å²) in [6, 6.07) is 7.45. The standard InChI is InChI=1S/C20H24N2O6/c1-3-26-11-15-14-6-4-5-7-16(14)28-19(15)20(25)27-12-18(24)22(2)10-17(23)21-13-8-9-13/h4-7,13H,3,8-12H2,1-2H3,(H,21,23). The van der Waals surface area contributed by atoms with Crippen molar-refractivity contribution in [3.63, 3.8) is 0 Å². The molecule has 0 aliphatic heterocycles. The molecule has 1 aromatic heterocycles. The molecule has 2 amide bonds. The zero-order chi connectivity index (χ0) is 20.1. The van der Waals surface area contributed by atoms with E-state index in [2.05, 4.69) is 5.32 Å². The molecule has 1 aromatic carbocycles. The average molecular weight is 388 g/mol. The van der Waals surface area contributed by atoms with Gasteiger partial charge in [0.1, 0.15) is 5.58 Å². The van der Waals surface area contributed by atoms with Gasteiger partial charge in [0.2, 0.25) is 11.7 Å². The lowest BCUT2D eigenvalue weighted by Crippen LogP contribution is -2.40. The van der Waals surface area contributed by atoms with E-state index in [9.17, 15) is 14.4 Å². The van der Waals surface area contributed by atoms with Gasteiger partial charge in [-0.3, -0.25) is 9.59 Å². The van der Waals surface area contributed by atoms with Crippen LogP contribution in [0.2, 0.25) is 0 Å². The fourth-order valence-electron chi connectivity index (χ4n) is 2.72. The van der Waals surface area contributed by atoms with Gasteiger partial charge >= 0.3 is 5.97 Å². The molecule has 8 heteroatoms. The molecule has 0 unspecified atom stereocenters. The second kappa shape index (κ2) is 8.88. The highest BCUT2D eigenvalue weighted by atomic mass is 16.5.